The van der Waals surface area contributed by atoms with Gasteiger partial charge in [0.15, 0.2) is 0 Å². The number of hydrogen-bond acceptors (Lipinski definition) is 5. The SMILES string of the molecule is CNCCC(O)C(O)c1cc(C#N)ccc1N. The minimum Gasteiger partial charge on any atom is -0.398 e. The number of aliphatic hydroxyl groups is 2. The molecule has 0 aliphatic carbocycles. The van der Waals surface area contributed by atoms with E-state index in [1.54, 1.807) is 19.2 Å². The van der Waals surface area contributed by atoms with Gasteiger partial charge in [-0.1, -0.05) is 0 Å². The molecule has 0 saturated heterocycles. The Labute approximate surface area is 100 Å². The topological polar surface area (TPSA) is 102 Å². The van der Waals surface area contributed by atoms with Crippen LogP contribution in [0.25, 0.3) is 0 Å². The molecule has 0 fully saturated rings. The van der Waals surface area contributed by atoms with Crippen molar-refractivity contribution in [1.82, 2.24) is 5.32 Å². The van der Waals surface area contributed by atoms with Gasteiger partial charge in [0.05, 0.1) is 17.7 Å². The third-order valence-electron chi connectivity index (χ3n) is 2.59. The van der Waals surface area contributed by atoms with E-state index in [9.17, 15) is 10.2 Å². The smallest absolute Gasteiger partial charge is 0.107 e. The van der Waals surface area contributed by atoms with Gasteiger partial charge in [-0.25, -0.2) is 0 Å². The average molecular weight is 235 g/mol. The Morgan fingerprint density at radius 3 is 2.76 bits per heavy atom. The van der Waals surface area contributed by atoms with E-state index in [-0.39, 0.29) is 0 Å². The van der Waals surface area contributed by atoms with Crippen LogP contribution in [0.3, 0.4) is 0 Å². The first-order valence-corrected chi connectivity index (χ1v) is 5.40. The van der Waals surface area contributed by atoms with Gasteiger partial charge >= 0.3 is 0 Å². The Hall–Kier alpha value is -1.61. The van der Waals surface area contributed by atoms with E-state index in [1.807, 2.05) is 6.07 Å². The highest BCUT2D eigenvalue weighted by Crippen LogP contribution is 2.25. The van der Waals surface area contributed by atoms with Gasteiger partial charge in [-0.2, -0.15) is 5.26 Å². The summed E-state index contributed by atoms with van der Waals surface area (Å²) in [6.45, 7) is 0.593. The van der Waals surface area contributed by atoms with E-state index >= 15 is 0 Å². The fourth-order valence-electron chi connectivity index (χ4n) is 1.56. The summed E-state index contributed by atoms with van der Waals surface area (Å²) in [6.07, 6.45) is -1.57. The molecule has 1 rings (SSSR count). The van der Waals surface area contributed by atoms with Crippen LogP contribution < -0.4 is 11.1 Å². The van der Waals surface area contributed by atoms with E-state index in [0.717, 1.165) is 0 Å². The second-order valence-electron chi connectivity index (χ2n) is 3.86. The summed E-state index contributed by atoms with van der Waals surface area (Å²) < 4.78 is 0. The molecule has 0 aliphatic heterocycles. The minimum atomic E-state index is -1.07. The quantitative estimate of drug-likeness (QED) is 0.544. The summed E-state index contributed by atoms with van der Waals surface area (Å²) in [7, 11) is 1.77. The molecule has 5 N–H and O–H groups in total. The second kappa shape index (κ2) is 6.21. The lowest BCUT2D eigenvalue weighted by atomic mass is 9.98. The van der Waals surface area contributed by atoms with E-state index in [4.69, 9.17) is 11.0 Å². The van der Waals surface area contributed by atoms with Crippen molar-refractivity contribution in [3.63, 3.8) is 0 Å². The van der Waals surface area contributed by atoms with Crippen molar-refractivity contribution in [2.75, 3.05) is 19.3 Å². The summed E-state index contributed by atoms with van der Waals surface area (Å²) in [6, 6.07) is 6.61. The highest BCUT2D eigenvalue weighted by molar-refractivity contribution is 5.52. The fourth-order valence-corrected chi connectivity index (χ4v) is 1.56. The molecular weight excluding hydrogens is 218 g/mol. The largest absolute Gasteiger partial charge is 0.398 e. The Morgan fingerprint density at radius 2 is 2.18 bits per heavy atom. The molecule has 0 heterocycles. The Balaban J connectivity index is 2.87. The molecule has 1 aromatic carbocycles. The first kappa shape index (κ1) is 13.5. The summed E-state index contributed by atoms with van der Waals surface area (Å²) in [5.74, 6) is 0. The number of rotatable bonds is 5. The maximum absolute atomic E-state index is 9.95. The van der Waals surface area contributed by atoms with Crippen molar-refractivity contribution >= 4 is 5.69 Å². The standard InChI is InChI=1S/C12H17N3O2/c1-15-5-4-11(16)12(17)9-6-8(7-13)2-3-10(9)14/h2-3,6,11-12,15-17H,4-5,14H2,1H3. The Bertz CT molecular complexity index is 415. The summed E-state index contributed by atoms with van der Waals surface area (Å²) in [5.41, 5.74) is 6.90. The fraction of sp³-hybridized carbons (Fsp3) is 0.417. The number of nitrogens with one attached hydrogen (secondary N) is 1. The molecule has 0 bridgehead atoms. The number of nitriles is 1. The van der Waals surface area contributed by atoms with Crippen LogP contribution >= 0.6 is 0 Å². The van der Waals surface area contributed by atoms with Gasteiger partial charge in [-0.05, 0) is 38.2 Å². The minimum absolute atomic E-state index is 0.375. The molecule has 0 amide bonds. The van der Waals surface area contributed by atoms with Crippen molar-refractivity contribution in [1.29, 1.82) is 5.26 Å². The number of nitrogens with zero attached hydrogens (tertiary/aromatic N) is 1. The maximum atomic E-state index is 9.95. The maximum Gasteiger partial charge on any atom is 0.107 e. The van der Waals surface area contributed by atoms with Crippen LogP contribution in [0.5, 0.6) is 0 Å². The van der Waals surface area contributed by atoms with Crippen molar-refractivity contribution in [3.05, 3.63) is 29.3 Å². The Kier molecular flexibility index (Phi) is 4.91. The predicted octanol–water partition coefficient (Wildman–Crippen LogP) is 0.144. The number of benzene rings is 1. The van der Waals surface area contributed by atoms with Crippen LogP contribution in [-0.2, 0) is 0 Å². The zero-order valence-corrected chi connectivity index (χ0v) is 9.72. The molecule has 2 unspecified atom stereocenters. The lowest BCUT2D eigenvalue weighted by molar-refractivity contribution is 0.0144. The van der Waals surface area contributed by atoms with E-state index in [2.05, 4.69) is 5.32 Å². The first-order chi connectivity index (χ1) is 8.10. The molecule has 0 radical (unpaired) electrons. The van der Waals surface area contributed by atoms with Gasteiger partial charge in [0.2, 0.25) is 0 Å². The molecule has 1 aromatic rings. The molecule has 5 nitrogen and oxygen atoms in total. The number of aliphatic hydroxyl groups excluding tert-OH is 2. The van der Waals surface area contributed by atoms with Crippen LogP contribution in [0.2, 0.25) is 0 Å². The molecule has 0 aliphatic rings. The normalized spacial score (nSPS) is 14.0. The van der Waals surface area contributed by atoms with Crippen molar-refractivity contribution in [2.45, 2.75) is 18.6 Å². The van der Waals surface area contributed by atoms with Crippen molar-refractivity contribution < 1.29 is 10.2 Å². The number of hydrogen-bond donors (Lipinski definition) is 4. The highest BCUT2D eigenvalue weighted by Gasteiger charge is 2.20. The number of nitrogens with two attached hydrogens (primary N) is 1. The van der Waals surface area contributed by atoms with Crippen LogP contribution in [0.15, 0.2) is 18.2 Å². The summed E-state index contributed by atoms with van der Waals surface area (Å²) in [5, 5.41) is 31.4. The Morgan fingerprint density at radius 1 is 1.47 bits per heavy atom. The second-order valence-corrected chi connectivity index (χ2v) is 3.86. The summed E-state index contributed by atoms with van der Waals surface area (Å²) >= 11 is 0. The van der Waals surface area contributed by atoms with Crippen LogP contribution in [0, 0.1) is 11.3 Å². The zero-order valence-electron chi connectivity index (χ0n) is 9.72. The molecule has 5 heteroatoms. The lowest BCUT2D eigenvalue weighted by Crippen LogP contribution is -2.24. The average Bonchev–Trinajstić information content (AvgIpc) is 2.35. The molecule has 2 atom stereocenters. The molecule has 17 heavy (non-hydrogen) atoms. The molecular formula is C12H17N3O2. The van der Waals surface area contributed by atoms with Gasteiger partial charge in [0.1, 0.15) is 6.10 Å². The summed E-state index contributed by atoms with van der Waals surface area (Å²) in [4.78, 5) is 0. The van der Waals surface area contributed by atoms with E-state index < -0.39 is 12.2 Å². The monoisotopic (exact) mass is 235 g/mol. The van der Waals surface area contributed by atoms with Crippen LogP contribution in [-0.4, -0.2) is 29.9 Å². The third kappa shape index (κ3) is 3.43. The first-order valence-electron chi connectivity index (χ1n) is 5.40. The van der Waals surface area contributed by atoms with Crippen molar-refractivity contribution in [2.24, 2.45) is 0 Å². The lowest BCUT2D eigenvalue weighted by Gasteiger charge is -2.19. The molecule has 0 saturated carbocycles. The van der Waals surface area contributed by atoms with Gasteiger partial charge in [0.25, 0.3) is 0 Å². The number of nitrogen functional groups attached to an aromatic ring is 1. The van der Waals surface area contributed by atoms with Crippen LogP contribution in [0.4, 0.5) is 5.69 Å². The third-order valence-corrected chi connectivity index (χ3v) is 2.59. The van der Waals surface area contributed by atoms with E-state index in [1.165, 1.54) is 6.07 Å². The predicted molar refractivity (Wildman–Crippen MR) is 65.1 cm³/mol. The van der Waals surface area contributed by atoms with Gasteiger partial charge in [-0.15, -0.1) is 0 Å². The van der Waals surface area contributed by atoms with Crippen molar-refractivity contribution in [3.8, 4) is 6.07 Å². The van der Waals surface area contributed by atoms with E-state index in [0.29, 0.717) is 29.8 Å². The number of anilines is 1. The highest BCUT2D eigenvalue weighted by atomic mass is 16.3. The molecule has 0 aromatic heterocycles. The zero-order chi connectivity index (χ0) is 12.8. The molecule has 0 spiro atoms. The van der Waals surface area contributed by atoms with Gasteiger partial charge < -0.3 is 21.3 Å². The molecule has 92 valence electrons. The van der Waals surface area contributed by atoms with Gasteiger partial charge in [0, 0.05) is 11.3 Å². The van der Waals surface area contributed by atoms with Crippen LogP contribution in [0.1, 0.15) is 23.7 Å². The van der Waals surface area contributed by atoms with Gasteiger partial charge in [-0.3, -0.25) is 0 Å².